The summed E-state index contributed by atoms with van der Waals surface area (Å²) in [5.41, 5.74) is 5.73. The van der Waals surface area contributed by atoms with Crippen LogP contribution in [0.2, 0.25) is 0 Å². The fourth-order valence-electron chi connectivity index (χ4n) is 3.49. The fraction of sp³-hybridized carbons (Fsp3) is 0.429. The number of benzene rings is 1. The number of non-ortho nitro benzene ring substituents is 1. The molecule has 2 aromatic heterocycles. The molecule has 0 aliphatic heterocycles. The molecule has 0 spiro atoms. The first kappa shape index (κ1) is 27.7. The highest BCUT2D eigenvalue weighted by molar-refractivity contribution is 7.99. The lowest BCUT2D eigenvalue weighted by molar-refractivity contribution is -0.384. The first-order chi connectivity index (χ1) is 17.8. The number of nitrogens with two attached hydrogens (primary N) is 1. The van der Waals surface area contributed by atoms with Crippen molar-refractivity contribution < 1.29 is 38.3 Å². The van der Waals surface area contributed by atoms with E-state index in [1.165, 1.54) is 30.2 Å². The van der Waals surface area contributed by atoms with Gasteiger partial charge in [-0.1, -0.05) is 11.8 Å². The van der Waals surface area contributed by atoms with Gasteiger partial charge in [0.15, 0.2) is 11.5 Å². The zero-order chi connectivity index (χ0) is 27.7. The summed E-state index contributed by atoms with van der Waals surface area (Å²) in [6, 6.07) is 5.91. The lowest BCUT2D eigenvalue weighted by atomic mass is 10.3. The summed E-state index contributed by atoms with van der Waals surface area (Å²) < 4.78 is 29.2. The first-order valence-corrected chi connectivity index (χ1v) is 13.8. The fourth-order valence-corrected chi connectivity index (χ4v) is 4.99. The Balaban J connectivity index is 1.52. The molecule has 4 rings (SSSR count). The van der Waals surface area contributed by atoms with Crippen molar-refractivity contribution in [2.75, 3.05) is 12.3 Å². The Morgan fingerprint density at radius 2 is 1.97 bits per heavy atom. The number of rotatable bonds is 11. The number of fused-ring (bicyclic) bond motifs is 1. The van der Waals surface area contributed by atoms with E-state index in [-0.39, 0.29) is 18.2 Å². The number of hydrogen-bond acceptors (Lipinski definition) is 12. The van der Waals surface area contributed by atoms with Crippen molar-refractivity contribution >= 4 is 48.3 Å². The molecule has 3 aromatic rings. The molecule has 0 radical (unpaired) electrons. The molecule has 0 saturated heterocycles. The Labute approximate surface area is 220 Å². The number of nitro benzene ring substituents is 1. The summed E-state index contributed by atoms with van der Waals surface area (Å²) in [4.78, 5) is 55.2. The van der Waals surface area contributed by atoms with E-state index < -0.39 is 42.8 Å². The Bertz CT molecular complexity index is 1390. The van der Waals surface area contributed by atoms with Gasteiger partial charge in [-0.15, -0.1) is 0 Å². The maximum atomic E-state index is 12.0. The number of imidazole rings is 1. The molecule has 204 valence electrons. The summed E-state index contributed by atoms with van der Waals surface area (Å²) in [5, 5.41) is 11.3. The summed E-state index contributed by atoms with van der Waals surface area (Å²) in [6.45, 7) is 2.68. The number of anilines is 1. The molecule has 1 atom stereocenters. The largest absolute Gasteiger partial charge is 0.508 e. The molecule has 0 amide bonds. The smallest absolute Gasteiger partial charge is 0.432 e. The van der Waals surface area contributed by atoms with Crippen molar-refractivity contribution in [1.82, 2.24) is 19.5 Å². The van der Waals surface area contributed by atoms with Crippen molar-refractivity contribution in [3.63, 3.8) is 0 Å². The standard InChI is InChI=1S/C21H25N6O9PS/c1-12(2)35-20(28)34-9-15(37(31,32)33)36-21(7-8-21)10-26-11-23-16-17(26)24-19(22)25-18(16)38-14-5-3-13(4-6-14)27(29)30/h3-6,11-12,15H,7-10H2,1-2H3,(H2,22,24,25)(H2,31,32,33). The number of hydrogen-bond donors (Lipinski definition) is 3. The van der Waals surface area contributed by atoms with E-state index in [1.807, 2.05) is 0 Å². The van der Waals surface area contributed by atoms with E-state index >= 15 is 0 Å². The van der Waals surface area contributed by atoms with Gasteiger partial charge in [-0.05, 0) is 38.8 Å². The summed E-state index contributed by atoms with van der Waals surface area (Å²) in [5.74, 6) is -1.72. The van der Waals surface area contributed by atoms with E-state index in [4.69, 9.17) is 19.9 Å². The predicted molar refractivity (Wildman–Crippen MR) is 133 cm³/mol. The van der Waals surface area contributed by atoms with Gasteiger partial charge >= 0.3 is 13.8 Å². The van der Waals surface area contributed by atoms with E-state index in [2.05, 4.69) is 15.0 Å². The number of aromatic nitrogens is 4. The summed E-state index contributed by atoms with van der Waals surface area (Å²) in [6.07, 6.45) is 0.956. The van der Waals surface area contributed by atoms with E-state index in [9.17, 15) is 29.3 Å². The second kappa shape index (κ2) is 10.8. The molecule has 15 nitrogen and oxygen atoms in total. The SMILES string of the molecule is CC(C)OC(=O)OCC(OC1(Cn2cnc3c(Sc4ccc([N+](=O)[O-])cc4)nc(N)nc32)CC1)P(=O)(O)O. The van der Waals surface area contributed by atoms with Crippen molar-refractivity contribution in [1.29, 1.82) is 0 Å². The molecule has 1 aromatic carbocycles. The molecule has 4 N–H and O–H groups in total. The van der Waals surface area contributed by atoms with Crippen LogP contribution in [0.5, 0.6) is 0 Å². The molecule has 1 aliphatic carbocycles. The van der Waals surface area contributed by atoms with Crippen LogP contribution in [0.25, 0.3) is 11.2 Å². The minimum atomic E-state index is -4.80. The van der Waals surface area contributed by atoms with E-state index in [1.54, 1.807) is 30.5 Å². The highest BCUT2D eigenvalue weighted by Crippen LogP contribution is 2.50. The Hall–Kier alpha value is -3.30. The Morgan fingerprint density at radius 1 is 1.29 bits per heavy atom. The van der Waals surface area contributed by atoms with Gasteiger partial charge in [0.1, 0.15) is 17.1 Å². The van der Waals surface area contributed by atoms with Crippen molar-refractivity contribution in [3.8, 4) is 0 Å². The van der Waals surface area contributed by atoms with Gasteiger partial charge in [0, 0.05) is 17.0 Å². The molecule has 1 aliphatic rings. The first-order valence-electron chi connectivity index (χ1n) is 11.3. The maximum absolute atomic E-state index is 12.0. The molecule has 17 heteroatoms. The number of carbonyl (C=O) groups excluding carboxylic acids is 1. The highest BCUT2D eigenvalue weighted by atomic mass is 32.2. The monoisotopic (exact) mass is 568 g/mol. The second-order valence-corrected chi connectivity index (χ2v) is 11.7. The van der Waals surface area contributed by atoms with Crippen LogP contribution in [0, 0.1) is 10.1 Å². The molecule has 1 unspecified atom stereocenters. The van der Waals surface area contributed by atoms with Crippen molar-refractivity contribution in [3.05, 3.63) is 40.7 Å². The van der Waals surface area contributed by atoms with Crippen LogP contribution in [-0.4, -0.2) is 64.5 Å². The van der Waals surface area contributed by atoms with Crippen LogP contribution in [0.1, 0.15) is 26.7 Å². The third kappa shape index (κ3) is 6.76. The molecule has 1 saturated carbocycles. The third-order valence-corrected chi connectivity index (χ3v) is 7.40. The minimum absolute atomic E-state index is 0.0282. The van der Waals surface area contributed by atoms with E-state index in [0.717, 1.165) is 0 Å². The molecule has 1 fully saturated rings. The number of nitro groups is 1. The van der Waals surface area contributed by atoms with Gasteiger partial charge in [-0.25, -0.2) is 14.8 Å². The van der Waals surface area contributed by atoms with Gasteiger partial charge < -0.3 is 34.3 Å². The Morgan fingerprint density at radius 3 is 2.55 bits per heavy atom. The molecule has 38 heavy (non-hydrogen) atoms. The van der Waals surface area contributed by atoms with Gasteiger partial charge in [0.05, 0.1) is 29.5 Å². The molecule has 0 bridgehead atoms. The van der Waals surface area contributed by atoms with Crippen molar-refractivity contribution in [2.45, 2.75) is 60.7 Å². The third-order valence-electron chi connectivity index (χ3n) is 5.41. The molecule has 2 heterocycles. The average molecular weight is 569 g/mol. The number of carbonyl (C=O) groups is 1. The topological polar surface area (TPSA) is 215 Å². The van der Waals surface area contributed by atoms with Crippen LogP contribution in [0.3, 0.4) is 0 Å². The summed E-state index contributed by atoms with van der Waals surface area (Å²) in [7, 11) is -4.80. The van der Waals surface area contributed by atoms with Crippen LogP contribution in [0.4, 0.5) is 16.4 Å². The number of nitrogens with zero attached hydrogens (tertiary/aromatic N) is 5. The highest BCUT2D eigenvalue weighted by Gasteiger charge is 2.50. The van der Waals surface area contributed by atoms with Gasteiger partial charge in [-0.3, -0.25) is 14.7 Å². The lowest BCUT2D eigenvalue weighted by Crippen LogP contribution is -2.32. The second-order valence-electron chi connectivity index (χ2n) is 8.86. The normalized spacial score (nSPS) is 15.4. The number of nitrogen functional groups attached to an aromatic ring is 1. The van der Waals surface area contributed by atoms with Gasteiger partial charge in [0.25, 0.3) is 5.69 Å². The van der Waals surface area contributed by atoms with Crippen molar-refractivity contribution in [2.24, 2.45) is 0 Å². The van der Waals surface area contributed by atoms with Crippen LogP contribution < -0.4 is 5.73 Å². The molecular formula is C21H25N6O9PS. The minimum Gasteiger partial charge on any atom is -0.432 e. The van der Waals surface area contributed by atoms with Crippen LogP contribution >= 0.6 is 19.4 Å². The van der Waals surface area contributed by atoms with Gasteiger partial charge in [-0.2, -0.15) is 4.98 Å². The van der Waals surface area contributed by atoms with Crippen LogP contribution in [-0.2, 0) is 25.3 Å². The lowest BCUT2D eigenvalue weighted by Gasteiger charge is -2.25. The Kier molecular flexibility index (Phi) is 7.90. The quantitative estimate of drug-likeness (QED) is 0.0996. The maximum Gasteiger partial charge on any atom is 0.508 e. The zero-order valence-corrected chi connectivity index (χ0v) is 22.0. The number of ether oxygens (including phenoxy) is 3. The van der Waals surface area contributed by atoms with Gasteiger partial charge in [0.2, 0.25) is 5.95 Å². The predicted octanol–water partition coefficient (Wildman–Crippen LogP) is 3.08. The molecular weight excluding hydrogens is 543 g/mol. The average Bonchev–Trinajstić information content (AvgIpc) is 3.47. The summed E-state index contributed by atoms with van der Waals surface area (Å²) >= 11 is 1.20. The zero-order valence-electron chi connectivity index (χ0n) is 20.3. The van der Waals surface area contributed by atoms with Crippen LogP contribution in [0.15, 0.2) is 40.5 Å². The van der Waals surface area contributed by atoms with E-state index in [0.29, 0.717) is 33.9 Å².